The Morgan fingerprint density at radius 2 is 1.78 bits per heavy atom. The number of piperidine rings is 2. The third kappa shape index (κ3) is 6.53. The second-order valence-corrected chi connectivity index (χ2v) is 14.9. The summed E-state index contributed by atoms with van der Waals surface area (Å²) in [7, 11) is 1.61. The summed E-state index contributed by atoms with van der Waals surface area (Å²) in [5.74, 6) is 2.74. The summed E-state index contributed by atoms with van der Waals surface area (Å²) in [4.78, 5) is 35.3. The topological polar surface area (TPSA) is 127 Å². The molecule has 2 N–H and O–H groups in total. The van der Waals surface area contributed by atoms with Crippen LogP contribution in [0.5, 0.6) is 5.75 Å². The normalized spacial score (nSPS) is 22.2. The molecular formula is C38H50N10O2. The van der Waals surface area contributed by atoms with Crippen molar-refractivity contribution in [3.8, 4) is 17.5 Å². The molecule has 1 amide bonds. The van der Waals surface area contributed by atoms with Crippen LogP contribution in [-0.2, 0) is 0 Å². The highest BCUT2D eigenvalue weighted by Gasteiger charge is 2.39. The van der Waals surface area contributed by atoms with E-state index in [1.165, 1.54) is 58.2 Å². The lowest BCUT2D eigenvalue weighted by Gasteiger charge is -2.42. The van der Waals surface area contributed by atoms with Gasteiger partial charge in [-0.25, -0.2) is 9.97 Å². The molecule has 0 radical (unpaired) electrons. The van der Waals surface area contributed by atoms with Crippen molar-refractivity contribution in [2.24, 2.45) is 5.92 Å². The Kier molecular flexibility index (Phi) is 9.36. The van der Waals surface area contributed by atoms with Crippen molar-refractivity contribution in [2.75, 3.05) is 50.1 Å². The molecule has 3 aliphatic heterocycles. The summed E-state index contributed by atoms with van der Waals surface area (Å²) >= 11 is 0. The minimum atomic E-state index is -0.0718. The number of nitrogens with zero attached hydrogens (tertiary/aromatic N) is 8. The lowest BCUT2D eigenvalue weighted by atomic mass is 9.97. The van der Waals surface area contributed by atoms with Gasteiger partial charge in [0.25, 0.3) is 5.91 Å². The predicted molar refractivity (Wildman–Crippen MR) is 192 cm³/mol. The molecule has 1 unspecified atom stereocenters. The largest absolute Gasteiger partial charge is 0.495 e. The SMILES string of the molecule is CCC1c2c(C#N)ncn2-c2cnc(Nc3ccc(C(=O)NC4CCN(C5CCN(CC6CC6)CC5)CC4)cc3OC)nc2N1C1CCCC1. The van der Waals surface area contributed by atoms with Crippen molar-refractivity contribution in [1.82, 2.24) is 34.6 Å². The molecule has 1 aromatic carbocycles. The highest BCUT2D eigenvalue weighted by atomic mass is 16.5. The predicted octanol–water partition coefficient (Wildman–Crippen LogP) is 5.57. The standard InChI is InChI=1S/C38H50N10O2/c1-3-32-35-31(21-39)41-24-47(35)33-22-40-38(44-36(33)48(32)29-6-4-5-7-29)43-30-11-10-26(20-34(30)50-2)37(49)42-27-12-18-46(19-13-27)28-14-16-45(17-15-28)23-25-8-9-25/h10-11,20,22,24-25,27-29,32H,3-9,12-19,23H2,1-2H3,(H,42,49)(H,40,43,44). The van der Waals surface area contributed by atoms with Gasteiger partial charge in [0.1, 0.15) is 23.8 Å². The molecule has 4 fully saturated rings. The summed E-state index contributed by atoms with van der Waals surface area (Å²) in [5, 5.41) is 16.5. The molecule has 50 heavy (non-hydrogen) atoms. The van der Waals surface area contributed by atoms with E-state index in [1.54, 1.807) is 19.5 Å². The Morgan fingerprint density at radius 1 is 1.00 bits per heavy atom. The molecule has 12 heteroatoms. The Balaban J connectivity index is 0.928. The molecule has 1 atom stereocenters. The zero-order valence-electron chi connectivity index (χ0n) is 29.5. The van der Waals surface area contributed by atoms with E-state index in [4.69, 9.17) is 9.72 Å². The minimum absolute atomic E-state index is 0.000102. The average Bonchev–Trinajstić information content (AvgIpc) is 3.60. The number of benzene rings is 1. The van der Waals surface area contributed by atoms with Crippen LogP contribution in [0.15, 0.2) is 30.7 Å². The Bertz CT molecular complexity index is 1730. The second-order valence-electron chi connectivity index (χ2n) is 14.9. The summed E-state index contributed by atoms with van der Waals surface area (Å²) in [6, 6.07) is 8.99. The van der Waals surface area contributed by atoms with Crippen molar-refractivity contribution in [2.45, 2.75) is 102 Å². The first kappa shape index (κ1) is 33.0. The third-order valence-electron chi connectivity index (χ3n) is 11.8. The smallest absolute Gasteiger partial charge is 0.251 e. The number of carbonyl (C=O) groups excluding carboxylic acids is 1. The van der Waals surface area contributed by atoms with E-state index in [-0.39, 0.29) is 18.0 Å². The molecular weight excluding hydrogens is 628 g/mol. The van der Waals surface area contributed by atoms with E-state index in [2.05, 4.69) is 48.3 Å². The Labute approximate surface area is 295 Å². The number of rotatable bonds is 10. The maximum absolute atomic E-state index is 13.4. The van der Waals surface area contributed by atoms with Crippen LogP contribution < -0.4 is 20.3 Å². The first-order valence-electron chi connectivity index (χ1n) is 18.9. The third-order valence-corrected chi connectivity index (χ3v) is 11.8. The molecule has 2 aromatic heterocycles. The number of amides is 1. The van der Waals surface area contributed by atoms with E-state index < -0.39 is 0 Å². The molecule has 3 aromatic rings. The fourth-order valence-corrected chi connectivity index (χ4v) is 8.89. The molecule has 5 heterocycles. The van der Waals surface area contributed by atoms with Crippen LogP contribution in [0.2, 0.25) is 0 Å². The van der Waals surface area contributed by atoms with E-state index in [0.29, 0.717) is 40.7 Å². The van der Waals surface area contributed by atoms with E-state index >= 15 is 0 Å². The number of likely N-dealkylation sites (tertiary alicyclic amines) is 2. The second kappa shape index (κ2) is 14.2. The van der Waals surface area contributed by atoms with Crippen molar-refractivity contribution in [3.05, 3.63) is 47.7 Å². The lowest BCUT2D eigenvalue weighted by molar-refractivity contribution is 0.0755. The van der Waals surface area contributed by atoms with Crippen LogP contribution >= 0.6 is 0 Å². The van der Waals surface area contributed by atoms with Crippen molar-refractivity contribution in [3.63, 3.8) is 0 Å². The molecule has 0 spiro atoms. The highest BCUT2D eigenvalue weighted by molar-refractivity contribution is 5.95. The molecule has 2 saturated carbocycles. The summed E-state index contributed by atoms with van der Waals surface area (Å²) < 4.78 is 7.74. The number of aromatic nitrogens is 4. The zero-order chi connectivity index (χ0) is 34.2. The first-order chi connectivity index (χ1) is 24.5. The number of fused-ring (bicyclic) bond motifs is 3. The van der Waals surface area contributed by atoms with Crippen LogP contribution in [0.1, 0.15) is 105 Å². The summed E-state index contributed by atoms with van der Waals surface area (Å²) in [5.41, 5.74) is 3.46. The average molecular weight is 679 g/mol. The Morgan fingerprint density at radius 3 is 2.48 bits per heavy atom. The first-order valence-corrected chi connectivity index (χ1v) is 18.9. The Hall–Kier alpha value is -4.21. The van der Waals surface area contributed by atoms with Crippen molar-refractivity contribution >= 4 is 23.4 Å². The minimum Gasteiger partial charge on any atom is -0.495 e. The maximum atomic E-state index is 13.4. The van der Waals surface area contributed by atoms with Gasteiger partial charge < -0.3 is 30.1 Å². The van der Waals surface area contributed by atoms with Gasteiger partial charge in [-0.2, -0.15) is 10.2 Å². The number of imidazole rings is 1. The molecule has 2 aliphatic carbocycles. The molecule has 12 nitrogen and oxygen atoms in total. The van der Waals surface area contributed by atoms with Gasteiger partial charge in [0.05, 0.1) is 30.7 Å². The number of carbonyl (C=O) groups is 1. The van der Waals surface area contributed by atoms with Crippen LogP contribution in [0, 0.1) is 17.2 Å². The van der Waals surface area contributed by atoms with Crippen LogP contribution in [-0.4, -0.2) is 93.2 Å². The monoisotopic (exact) mass is 678 g/mol. The van der Waals surface area contributed by atoms with Gasteiger partial charge in [0.2, 0.25) is 5.95 Å². The zero-order valence-corrected chi connectivity index (χ0v) is 29.5. The fourth-order valence-electron chi connectivity index (χ4n) is 8.89. The summed E-state index contributed by atoms with van der Waals surface area (Å²) in [6.07, 6.45) is 16.3. The van der Waals surface area contributed by atoms with E-state index in [9.17, 15) is 10.1 Å². The molecule has 8 rings (SSSR count). The fraction of sp³-hybridized carbons (Fsp3) is 0.605. The van der Waals surface area contributed by atoms with Gasteiger partial charge in [-0.05, 0) is 95.0 Å². The van der Waals surface area contributed by atoms with Crippen molar-refractivity contribution < 1.29 is 9.53 Å². The number of hydrogen-bond acceptors (Lipinski definition) is 10. The van der Waals surface area contributed by atoms with Crippen LogP contribution in [0.3, 0.4) is 0 Å². The highest BCUT2D eigenvalue weighted by Crippen LogP contribution is 2.44. The molecule has 264 valence electrons. The lowest BCUT2D eigenvalue weighted by Crippen LogP contribution is -2.51. The number of nitriles is 1. The van der Waals surface area contributed by atoms with Gasteiger partial charge in [-0.1, -0.05) is 19.8 Å². The maximum Gasteiger partial charge on any atom is 0.251 e. The van der Waals surface area contributed by atoms with Gasteiger partial charge >= 0.3 is 0 Å². The van der Waals surface area contributed by atoms with Crippen LogP contribution in [0.4, 0.5) is 17.5 Å². The number of anilines is 3. The van der Waals surface area contributed by atoms with Gasteiger partial charge in [0.15, 0.2) is 11.5 Å². The van der Waals surface area contributed by atoms with Gasteiger partial charge in [0, 0.05) is 43.3 Å². The number of hydrogen-bond donors (Lipinski definition) is 2. The van der Waals surface area contributed by atoms with E-state index in [1.807, 2.05) is 22.9 Å². The van der Waals surface area contributed by atoms with E-state index in [0.717, 1.165) is 68.3 Å². The van der Waals surface area contributed by atoms with Crippen molar-refractivity contribution in [1.29, 1.82) is 5.26 Å². The summed E-state index contributed by atoms with van der Waals surface area (Å²) in [6.45, 7) is 8.02. The molecule has 2 saturated heterocycles. The van der Waals surface area contributed by atoms with Gasteiger partial charge in [-0.15, -0.1) is 0 Å². The number of methoxy groups -OCH3 is 1. The number of ether oxygens (including phenoxy) is 1. The van der Waals surface area contributed by atoms with Gasteiger partial charge in [-0.3, -0.25) is 9.36 Å². The molecule has 0 bridgehead atoms. The molecule has 5 aliphatic rings. The van der Waals surface area contributed by atoms with Crippen LogP contribution in [0.25, 0.3) is 5.69 Å². The number of nitrogens with one attached hydrogen (secondary N) is 2. The quantitative estimate of drug-likeness (QED) is 0.281.